The van der Waals surface area contributed by atoms with Crippen molar-refractivity contribution < 1.29 is 14.6 Å². The molecule has 0 spiro atoms. The fourth-order valence-electron chi connectivity index (χ4n) is 1.32. The van der Waals surface area contributed by atoms with E-state index in [9.17, 15) is 4.79 Å². The Labute approximate surface area is 95.2 Å². The lowest BCUT2D eigenvalue weighted by Crippen LogP contribution is -2.39. The number of carboxylic acids is 1. The summed E-state index contributed by atoms with van der Waals surface area (Å²) < 4.78 is 5.02. The van der Waals surface area contributed by atoms with E-state index in [-0.39, 0.29) is 0 Å². The van der Waals surface area contributed by atoms with Gasteiger partial charge in [-0.3, -0.25) is 0 Å². The highest BCUT2D eigenvalue weighted by molar-refractivity contribution is 5.81. The third kappa shape index (κ3) is 3.24. The fourth-order valence-corrected chi connectivity index (χ4v) is 1.32. The third-order valence-corrected chi connectivity index (χ3v) is 2.23. The van der Waals surface area contributed by atoms with E-state index in [0.717, 1.165) is 11.3 Å². The molecule has 88 valence electrons. The van der Waals surface area contributed by atoms with Crippen LogP contribution in [0, 0.1) is 0 Å². The van der Waals surface area contributed by atoms with Gasteiger partial charge in [0.05, 0.1) is 6.61 Å². The van der Waals surface area contributed by atoms with Crippen LogP contribution in [0.1, 0.15) is 19.4 Å². The smallest absolute Gasteiger partial charge is 0.328 e. The van der Waals surface area contributed by atoms with Gasteiger partial charge in [-0.25, -0.2) is 4.79 Å². The predicted octanol–water partition coefficient (Wildman–Crippen LogP) is 2.11. The maximum atomic E-state index is 10.9. The van der Waals surface area contributed by atoms with Gasteiger partial charge >= 0.3 is 5.97 Å². The number of benzene rings is 1. The zero-order valence-corrected chi connectivity index (χ0v) is 9.78. The fraction of sp³-hybridized carbons (Fsp3) is 0.417. The number of ether oxygens (including phenoxy) is 1. The van der Waals surface area contributed by atoms with E-state index in [1.165, 1.54) is 0 Å². The average molecular weight is 223 g/mol. The van der Waals surface area contributed by atoms with E-state index in [1.54, 1.807) is 21.0 Å². The molecular weight excluding hydrogens is 206 g/mol. The zero-order valence-electron chi connectivity index (χ0n) is 9.78. The van der Waals surface area contributed by atoms with Crippen molar-refractivity contribution in [3.8, 4) is 0 Å². The summed E-state index contributed by atoms with van der Waals surface area (Å²) >= 11 is 0. The van der Waals surface area contributed by atoms with Gasteiger partial charge < -0.3 is 15.2 Å². The lowest BCUT2D eigenvalue weighted by Gasteiger charge is -2.22. The Morgan fingerprint density at radius 3 is 2.75 bits per heavy atom. The molecule has 0 atom stereocenters. The molecule has 0 amide bonds. The molecule has 1 aromatic carbocycles. The molecule has 0 saturated carbocycles. The van der Waals surface area contributed by atoms with Crippen LogP contribution in [0.25, 0.3) is 0 Å². The van der Waals surface area contributed by atoms with E-state index in [0.29, 0.717) is 6.61 Å². The maximum absolute atomic E-state index is 10.9. The SMILES string of the molecule is COCc1cccc(NC(C)(C)C(=O)O)c1. The number of anilines is 1. The molecule has 0 bridgehead atoms. The molecule has 0 aromatic heterocycles. The first-order valence-corrected chi connectivity index (χ1v) is 5.05. The number of rotatable bonds is 5. The highest BCUT2D eigenvalue weighted by atomic mass is 16.5. The molecular formula is C12H17NO3. The molecule has 4 heteroatoms. The topological polar surface area (TPSA) is 58.6 Å². The Balaban J connectivity index is 2.81. The minimum Gasteiger partial charge on any atom is -0.480 e. The summed E-state index contributed by atoms with van der Waals surface area (Å²) in [5, 5.41) is 11.9. The minimum absolute atomic E-state index is 0.517. The average Bonchev–Trinajstić information content (AvgIpc) is 2.17. The van der Waals surface area contributed by atoms with E-state index >= 15 is 0 Å². The molecule has 2 N–H and O–H groups in total. The van der Waals surface area contributed by atoms with Gasteiger partial charge in [-0.15, -0.1) is 0 Å². The van der Waals surface area contributed by atoms with Crippen molar-refractivity contribution in [1.82, 2.24) is 0 Å². The number of aliphatic carboxylic acids is 1. The van der Waals surface area contributed by atoms with Gasteiger partial charge in [0.15, 0.2) is 0 Å². The molecule has 0 saturated heterocycles. The molecule has 0 unspecified atom stereocenters. The molecule has 0 aliphatic heterocycles. The van der Waals surface area contributed by atoms with Gasteiger partial charge in [0, 0.05) is 12.8 Å². The number of carboxylic acid groups (broad SMARTS) is 1. The summed E-state index contributed by atoms with van der Waals surface area (Å²) in [5.41, 5.74) is 0.807. The van der Waals surface area contributed by atoms with Crippen molar-refractivity contribution >= 4 is 11.7 Å². The number of hydrogen-bond donors (Lipinski definition) is 2. The van der Waals surface area contributed by atoms with Crippen LogP contribution >= 0.6 is 0 Å². The van der Waals surface area contributed by atoms with Crippen LogP contribution < -0.4 is 5.32 Å². The Kier molecular flexibility index (Phi) is 3.90. The van der Waals surface area contributed by atoms with E-state index in [2.05, 4.69) is 5.32 Å². The quantitative estimate of drug-likeness (QED) is 0.802. The summed E-state index contributed by atoms with van der Waals surface area (Å²) in [6.07, 6.45) is 0. The Morgan fingerprint density at radius 1 is 1.50 bits per heavy atom. The van der Waals surface area contributed by atoms with Crippen LogP contribution in [0.4, 0.5) is 5.69 Å². The largest absolute Gasteiger partial charge is 0.480 e. The summed E-state index contributed by atoms with van der Waals surface area (Å²) in [6, 6.07) is 7.52. The van der Waals surface area contributed by atoms with Gasteiger partial charge in [0.2, 0.25) is 0 Å². The first kappa shape index (κ1) is 12.5. The molecule has 0 aliphatic carbocycles. The molecule has 1 rings (SSSR count). The molecule has 16 heavy (non-hydrogen) atoms. The van der Waals surface area contributed by atoms with Crippen molar-refractivity contribution in [2.75, 3.05) is 12.4 Å². The Bertz CT molecular complexity index is 374. The Morgan fingerprint density at radius 2 is 2.19 bits per heavy atom. The molecule has 4 nitrogen and oxygen atoms in total. The minimum atomic E-state index is -0.980. The lowest BCUT2D eigenvalue weighted by molar-refractivity contribution is -0.141. The van der Waals surface area contributed by atoms with Gasteiger partial charge in [0.25, 0.3) is 0 Å². The second-order valence-electron chi connectivity index (χ2n) is 4.19. The maximum Gasteiger partial charge on any atom is 0.328 e. The van der Waals surface area contributed by atoms with Gasteiger partial charge in [-0.1, -0.05) is 12.1 Å². The number of hydrogen-bond acceptors (Lipinski definition) is 3. The molecule has 0 aliphatic rings. The van der Waals surface area contributed by atoms with E-state index < -0.39 is 11.5 Å². The molecule has 0 heterocycles. The number of nitrogens with one attached hydrogen (secondary N) is 1. The van der Waals surface area contributed by atoms with E-state index in [1.807, 2.05) is 24.3 Å². The molecule has 0 radical (unpaired) electrons. The lowest BCUT2D eigenvalue weighted by atomic mass is 10.1. The second-order valence-corrected chi connectivity index (χ2v) is 4.19. The summed E-state index contributed by atoms with van der Waals surface area (Å²) in [6.45, 7) is 3.76. The zero-order chi connectivity index (χ0) is 12.2. The number of methoxy groups -OCH3 is 1. The van der Waals surface area contributed by atoms with Crippen LogP contribution in [0.2, 0.25) is 0 Å². The first-order chi connectivity index (χ1) is 7.45. The normalized spacial score (nSPS) is 11.2. The van der Waals surface area contributed by atoms with Crippen molar-refractivity contribution in [2.24, 2.45) is 0 Å². The summed E-state index contributed by atoms with van der Waals surface area (Å²) in [4.78, 5) is 10.9. The molecule has 1 aromatic rings. The second kappa shape index (κ2) is 4.99. The number of carbonyl (C=O) groups is 1. The van der Waals surface area contributed by atoms with Crippen LogP contribution in [-0.4, -0.2) is 23.7 Å². The van der Waals surface area contributed by atoms with E-state index in [4.69, 9.17) is 9.84 Å². The van der Waals surface area contributed by atoms with Crippen molar-refractivity contribution in [1.29, 1.82) is 0 Å². The highest BCUT2D eigenvalue weighted by Crippen LogP contribution is 2.17. The first-order valence-electron chi connectivity index (χ1n) is 5.05. The Hall–Kier alpha value is -1.55. The van der Waals surface area contributed by atoms with Crippen LogP contribution in [0.3, 0.4) is 0 Å². The highest BCUT2D eigenvalue weighted by Gasteiger charge is 2.26. The van der Waals surface area contributed by atoms with Crippen molar-refractivity contribution in [3.63, 3.8) is 0 Å². The van der Waals surface area contributed by atoms with Crippen LogP contribution in [0.5, 0.6) is 0 Å². The molecule has 0 fully saturated rings. The monoisotopic (exact) mass is 223 g/mol. The summed E-state index contributed by atoms with van der Waals surface area (Å²) in [5.74, 6) is -0.885. The van der Waals surface area contributed by atoms with Gasteiger partial charge in [0.1, 0.15) is 5.54 Å². The third-order valence-electron chi connectivity index (χ3n) is 2.23. The van der Waals surface area contributed by atoms with Crippen LogP contribution in [0.15, 0.2) is 24.3 Å². The van der Waals surface area contributed by atoms with Crippen LogP contribution in [-0.2, 0) is 16.1 Å². The van der Waals surface area contributed by atoms with Gasteiger partial charge in [-0.05, 0) is 31.5 Å². The summed E-state index contributed by atoms with van der Waals surface area (Å²) in [7, 11) is 1.63. The predicted molar refractivity (Wildman–Crippen MR) is 62.5 cm³/mol. The van der Waals surface area contributed by atoms with Crippen molar-refractivity contribution in [3.05, 3.63) is 29.8 Å². The van der Waals surface area contributed by atoms with Gasteiger partial charge in [-0.2, -0.15) is 0 Å². The van der Waals surface area contributed by atoms with Crippen molar-refractivity contribution in [2.45, 2.75) is 26.0 Å². The standard InChI is InChI=1S/C12H17NO3/c1-12(2,11(14)15)13-10-6-4-5-9(7-10)8-16-3/h4-7,13H,8H2,1-3H3,(H,14,15).